The van der Waals surface area contributed by atoms with Gasteiger partial charge in [0.1, 0.15) is 5.75 Å². The molecular formula is C21H21N3O3. The van der Waals surface area contributed by atoms with Crippen LogP contribution in [0.2, 0.25) is 0 Å². The molecule has 1 heterocycles. The highest BCUT2D eigenvalue weighted by atomic mass is 16.5. The summed E-state index contributed by atoms with van der Waals surface area (Å²) in [5, 5.41) is 0.850. The summed E-state index contributed by atoms with van der Waals surface area (Å²) in [6.07, 6.45) is 0.856. The van der Waals surface area contributed by atoms with E-state index < -0.39 is 17.9 Å². The normalized spacial score (nSPS) is 11.7. The maximum Gasteiger partial charge on any atom is 0.279 e. The highest BCUT2D eigenvalue weighted by molar-refractivity contribution is 6.05. The lowest BCUT2D eigenvalue weighted by Crippen LogP contribution is -2.47. The SMILES string of the molecule is Cc1cccc(OC(C)C(=O)NNC(=O)c2cccc3cccnc23)c1C. The molecule has 0 bridgehead atoms. The number of para-hydroxylation sites is 1. The van der Waals surface area contributed by atoms with E-state index in [2.05, 4.69) is 15.8 Å². The number of hydrazine groups is 1. The monoisotopic (exact) mass is 363 g/mol. The zero-order valence-electron chi connectivity index (χ0n) is 15.4. The van der Waals surface area contributed by atoms with Gasteiger partial charge >= 0.3 is 0 Å². The molecule has 1 aromatic heterocycles. The number of hydrogen-bond donors (Lipinski definition) is 2. The third-order valence-electron chi connectivity index (χ3n) is 4.40. The molecular weight excluding hydrogens is 342 g/mol. The van der Waals surface area contributed by atoms with E-state index in [9.17, 15) is 9.59 Å². The maximum absolute atomic E-state index is 12.4. The largest absolute Gasteiger partial charge is 0.481 e. The Morgan fingerprint density at radius 3 is 2.56 bits per heavy atom. The van der Waals surface area contributed by atoms with Crippen LogP contribution in [0.15, 0.2) is 54.7 Å². The smallest absolute Gasteiger partial charge is 0.279 e. The van der Waals surface area contributed by atoms with Crippen molar-refractivity contribution in [1.29, 1.82) is 0 Å². The fourth-order valence-electron chi connectivity index (χ4n) is 2.67. The number of nitrogens with one attached hydrogen (secondary N) is 2. The fourth-order valence-corrected chi connectivity index (χ4v) is 2.67. The molecule has 6 heteroatoms. The highest BCUT2D eigenvalue weighted by Gasteiger charge is 2.18. The van der Waals surface area contributed by atoms with Crippen LogP contribution in [0.3, 0.4) is 0 Å². The van der Waals surface area contributed by atoms with Gasteiger partial charge in [-0.2, -0.15) is 0 Å². The van der Waals surface area contributed by atoms with Gasteiger partial charge in [-0.3, -0.25) is 25.4 Å². The summed E-state index contributed by atoms with van der Waals surface area (Å²) in [6.45, 7) is 5.54. The Morgan fingerprint density at radius 1 is 1.00 bits per heavy atom. The molecule has 0 radical (unpaired) electrons. The summed E-state index contributed by atoms with van der Waals surface area (Å²) in [5.74, 6) is -0.244. The number of aromatic nitrogens is 1. The van der Waals surface area contributed by atoms with Gasteiger partial charge in [0.2, 0.25) is 0 Å². The Morgan fingerprint density at radius 2 is 1.74 bits per heavy atom. The van der Waals surface area contributed by atoms with Crippen molar-refractivity contribution in [3.8, 4) is 5.75 Å². The second kappa shape index (κ2) is 7.86. The van der Waals surface area contributed by atoms with Gasteiger partial charge in [-0.15, -0.1) is 0 Å². The first kappa shape index (κ1) is 18.4. The topological polar surface area (TPSA) is 80.3 Å². The van der Waals surface area contributed by atoms with Crippen molar-refractivity contribution in [2.45, 2.75) is 26.9 Å². The average molecular weight is 363 g/mol. The van der Waals surface area contributed by atoms with E-state index in [1.807, 2.05) is 44.2 Å². The predicted octanol–water partition coefficient (Wildman–Crippen LogP) is 3.08. The molecule has 3 aromatic rings. The van der Waals surface area contributed by atoms with Gasteiger partial charge in [0, 0.05) is 11.6 Å². The molecule has 0 saturated carbocycles. The van der Waals surface area contributed by atoms with Crippen LogP contribution < -0.4 is 15.6 Å². The third-order valence-corrected chi connectivity index (χ3v) is 4.40. The van der Waals surface area contributed by atoms with E-state index in [0.717, 1.165) is 16.5 Å². The van der Waals surface area contributed by atoms with Gasteiger partial charge in [-0.05, 0) is 50.1 Å². The maximum atomic E-state index is 12.4. The van der Waals surface area contributed by atoms with E-state index in [1.165, 1.54) is 0 Å². The Bertz CT molecular complexity index is 996. The van der Waals surface area contributed by atoms with E-state index in [0.29, 0.717) is 16.8 Å². The third kappa shape index (κ3) is 4.06. The number of ether oxygens (including phenoxy) is 1. The minimum Gasteiger partial charge on any atom is -0.481 e. The first-order valence-corrected chi connectivity index (χ1v) is 8.64. The summed E-state index contributed by atoms with van der Waals surface area (Å²) in [4.78, 5) is 29.0. The number of benzene rings is 2. The van der Waals surface area contributed by atoms with Crippen LogP contribution in [-0.2, 0) is 4.79 Å². The van der Waals surface area contributed by atoms with Crippen molar-refractivity contribution in [2.24, 2.45) is 0 Å². The first-order valence-electron chi connectivity index (χ1n) is 8.64. The van der Waals surface area contributed by atoms with E-state index in [1.54, 1.807) is 31.3 Å². The van der Waals surface area contributed by atoms with Crippen LogP contribution in [0.5, 0.6) is 5.75 Å². The van der Waals surface area contributed by atoms with Gasteiger partial charge in [-0.25, -0.2) is 0 Å². The lowest BCUT2D eigenvalue weighted by Gasteiger charge is -2.17. The number of carbonyl (C=O) groups is 2. The van der Waals surface area contributed by atoms with Gasteiger partial charge in [0.25, 0.3) is 11.8 Å². The van der Waals surface area contributed by atoms with Crippen molar-refractivity contribution in [1.82, 2.24) is 15.8 Å². The quantitative estimate of drug-likeness (QED) is 0.698. The van der Waals surface area contributed by atoms with Crippen LogP contribution in [0.1, 0.15) is 28.4 Å². The number of amides is 2. The first-order chi connectivity index (χ1) is 13.0. The second-order valence-electron chi connectivity index (χ2n) is 6.28. The second-order valence-corrected chi connectivity index (χ2v) is 6.28. The minimum atomic E-state index is -0.767. The molecule has 1 unspecified atom stereocenters. The molecule has 3 rings (SSSR count). The molecule has 2 aromatic carbocycles. The van der Waals surface area contributed by atoms with Crippen LogP contribution in [0.25, 0.3) is 10.9 Å². The van der Waals surface area contributed by atoms with Crippen molar-refractivity contribution in [2.75, 3.05) is 0 Å². The number of carbonyl (C=O) groups excluding carboxylic acids is 2. The molecule has 1 atom stereocenters. The van der Waals surface area contributed by atoms with E-state index >= 15 is 0 Å². The zero-order chi connectivity index (χ0) is 19.4. The van der Waals surface area contributed by atoms with Crippen molar-refractivity contribution in [3.05, 3.63) is 71.4 Å². The molecule has 27 heavy (non-hydrogen) atoms. The number of fused-ring (bicyclic) bond motifs is 1. The summed E-state index contributed by atoms with van der Waals surface area (Å²) in [6, 6.07) is 14.6. The lowest BCUT2D eigenvalue weighted by molar-refractivity contribution is -0.128. The van der Waals surface area contributed by atoms with Gasteiger partial charge < -0.3 is 4.74 Å². The number of aryl methyl sites for hydroxylation is 1. The molecule has 0 fully saturated rings. The molecule has 0 saturated heterocycles. The Hall–Kier alpha value is -3.41. The highest BCUT2D eigenvalue weighted by Crippen LogP contribution is 2.21. The molecule has 2 N–H and O–H groups in total. The molecule has 0 spiro atoms. The van der Waals surface area contributed by atoms with Crippen molar-refractivity contribution < 1.29 is 14.3 Å². The predicted molar refractivity (Wildman–Crippen MR) is 103 cm³/mol. The van der Waals surface area contributed by atoms with Gasteiger partial charge in [0.15, 0.2) is 6.10 Å². The van der Waals surface area contributed by atoms with Gasteiger partial charge in [-0.1, -0.05) is 30.3 Å². The number of hydrogen-bond acceptors (Lipinski definition) is 4. The zero-order valence-corrected chi connectivity index (χ0v) is 15.4. The average Bonchev–Trinajstić information content (AvgIpc) is 2.68. The van der Waals surface area contributed by atoms with Crippen LogP contribution in [0, 0.1) is 13.8 Å². The molecule has 0 aliphatic heterocycles. The van der Waals surface area contributed by atoms with Crippen LogP contribution in [0.4, 0.5) is 0 Å². The summed E-state index contributed by atoms with van der Waals surface area (Å²) in [7, 11) is 0. The Kier molecular flexibility index (Phi) is 5.35. The molecule has 0 aliphatic rings. The Balaban J connectivity index is 1.64. The summed E-state index contributed by atoms with van der Waals surface area (Å²) < 4.78 is 5.72. The van der Waals surface area contributed by atoms with Crippen LogP contribution >= 0.6 is 0 Å². The molecule has 2 amide bonds. The van der Waals surface area contributed by atoms with E-state index in [4.69, 9.17) is 4.74 Å². The van der Waals surface area contributed by atoms with Crippen molar-refractivity contribution >= 4 is 22.7 Å². The van der Waals surface area contributed by atoms with E-state index in [-0.39, 0.29) is 0 Å². The lowest BCUT2D eigenvalue weighted by atomic mass is 10.1. The van der Waals surface area contributed by atoms with Crippen molar-refractivity contribution in [3.63, 3.8) is 0 Å². The summed E-state index contributed by atoms with van der Waals surface area (Å²) in [5.41, 5.74) is 7.85. The fraction of sp³-hybridized carbons (Fsp3) is 0.190. The number of nitrogens with zero attached hydrogens (tertiary/aromatic N) is 1. The van der Waals surface area contributed by atoms with Crippen LogP contribution in [-0.4, -0.2) is 22.9 Å². The Labute approximate surface area is 157 Å². The minimum absolute atomic E-state index is 0.386. The van der Waals surface area contributed by atoms with Gasteiger partial charge in [0.05, 0.1) is 11.1 Å². The number of pyridine rings is 1. The number of rotatable bonds is 4. The summed E-state index contributed by atoms with van der Waals surface area (Å²) >= 11 is 0. The molecule has 138 valence electrons. The standard InChI is InChI=1S/C21H21N3O3/c1-13-7-4-11-18(14(13)2)27-15(3)20(25)23-24-21(26)17-10-5-8-16-9-6-12-22-19(16)17/h4-12,15H,1-3H3,(H,23,25)(H,24,26). The molecule has 6 nitrogen and oxygen atoms in total. The molecule has 0 aliphatic carbocycles.